The van der Waals surface area contributed by atoms with Gasteiger partial charge in [-0.1, -0.05) is 36.4 Å². The third kappa shape index (κ3) is 5.84. The van der Waals surface area contributed by atoms with Crippen molar-refractivity contribution >= 4 is 40.5 Å². The van der Waals surface area contributed by atoms with Crippen molar-refractivity contribution in [3.8, 4) is 10.6 Å². The molecule has 4 N–H and O–H groups in total. The van der Waals surface area contributed by atoms with E-state index in [0.717, 1.165) is 16.3 Å². The molecule has 0 spiro atoms. The van der Waals surface area contributed by atoms with E-state index in [0.29, 0.717) is 43.1 Å². The molecular formula is C25H27N5O4S. The van der Waals surface area contributed by atoms with Crippen molar-refractivity contribution in [2.75, 3.05) is 42.9 Å². The number of hydrogen-bond donors (Lipinski definition) is 3. The van der Waals surface area contributed by atoms with Gasteiger partial charge in [-0.25, -0.2) is 4.98 Å². The SMILES string of the molecule is CC(C(=O)O)c1ccc(NC(=O)c2csc(-c3ccccc3)n2)c(N2CCN(CC(N)=O)CC2)c1. The number of carbonyl (C=O) groups is 3. The summed E-state index contributed by atoms with van der Waals surface area (Å²) in [6.45, 7) is 4.29. The average molecular weight is 494 g/mol. The topological polar surface area (TPSA) is 129 Å². The second-order valence-electron chi connectivity index (χ2n) is 8.42. The number of thiazole rings is 1. The average Bonchev–Trinajstić information content (AvgIpc) is 3.35. The van der Waals surface area contributed by atoms with Gasteiger partial charge < -0.3 is 21.1 Å². The second-order valence-corrected chi connectivity index (χ2v) is 9.28. The van der Waals surface area contributed by atoms with Crippen LogP contribution in [0.4, 0.5) is 11.4 Å². The van der Waals surface area contributed by atoms with Crippen LogP contribution in [0.2, 0.25) is 0 Å². The van der Waals surface area contributed by atoms with Gasteiger partial charge in [-0.15, -0.1) is 11.3 Å². The second kappa shape index (κ2) is 10.7. The highest BCUT2D eigenvalue weighted by atomic mass is 32.1. The third-order valence-corrected chi connectivity index (χ3v) is 6.88. The first-order chi connectivity index (χ1) is 16.8. The van der Waals surface area contributed by atoms with Crippen LogP contribution in [-0.2, 0) is 9.59 Å². The number of carboxylic acid groups (broad SMARTS) is 1. The molecule has 0 saturated carbocycles. The lowest BCUT2D eigenvalue weighted by molar-refractivity contribution is -0.138. The van der Waals surface area contributed by atoms with Crippen LogP contribution in [0.5, 0.6) is 0 Å². The predicted molar refractivity (Wildman–Crippen MR) is 136 cm³/mol. The summed E-state index contributed by atoms with van der Waals surface area (Å²) in [5.41, 5.74) is 8.54. The third-order valence-electron chi connectivity index (χ3n) is 5.99. The summed E-state index contributed by atoms with van der Waals surface area (Å²) in [4.78, 5) is 44.4. The van der Waals surface area contributed by atoms with Crippen LogP contribution < -0.4 is 16.0 Å². The predicted octanol–water partition coefficient (Wildman–Crippen LogP) is 2.86. The van der Waals surface area contributed by atoms with Crippen molar-refractivity contribution in [2.45, 2.75) is 12.8 Å². The van der Waals surface area contributed by atoms with E-state index in [1.165, 1.54) is 11.3 Å². The highest BCUT2D eigenvalue weighted by Gasteiger charge is 2.24. The molecule has 2 heterocycles. The van der Waals surface area contributed by atoms with Crippen LogP contribution in [0, 0.1) is 0 Å². The smallest absolute Gasteiger partial charge is 0.310 e. The zero-order chi connectivity index (χ0) is 24.9. The number of carboxylic acids is 1. The van der Waals surface area contributed by atoms with Gasteiger partial charge in [0.2, 0.25) is 5.91 Å². The summed E-state index contributed by atoms with van der Waals surface area (Å²) < 4.78 is 0. The molecule has 182 valence electrons. The highest BCUT2D eigenvalue weighted by Crippen LogP contribution is 2.32. The van der Waals surface area contributed by atoms with Crippen LogP contribution in [0.1, 0.15) is 28.9 Å². The van der Waals surface area contributed by atoms with Gasteiger partial charge in [0.05, 0.1) is 23.8 Å². The van der Waals surface area contributed by atoms with E-state index in [9.17, 15) is 19.5 Å². The molecule has 4 rings (SSSR count). The molecule has 1 aliphatic rings. The first kappa shape index (κ1) is 24.4. The molecule has 1 atom stereocenters. The maximum absolute atomic E-state index is 13.1. The Morgan fingerprint density at radius 2 is 1.83 bits per heavy atom. The Labute approximate surface area is 207 Å². The van der Waals surface area contributed by atoms with Crippen LogP contribution in [0.3, 0.4) is 0 Å². The molecule has 2 amide bonds. The fourth-order valence-electron chi connectivity index (χ4n) is 3.97. The fraction of sp³-hybridized carbons (Fsp3) is 0.280. The molecule has 1 aliphatic heterocycles. The molecular weight excluding hydrogens is 466 g/mol. The first-order valence-corrected chi connectivity index (χ1v) is 12.1. The molecule has 0 bridgehead atoms. The zero-order valence-corrected chi connectivity index (χ0v) is 20.1. The van der Waals surface area contributed by atoms with Crippen molar-refractivity contribution in [2.24, 2.45) is 5.73 Å². The maximum atomic E-state index is 13.1. The van der Waals surface area contributed by atoms with Crippen molar-refractivity contribution in [1.82, 2.24) is 9.88 Å². The summed E-state index contributed by atoms with van der Waals surface area (Å²) in [6.07, 6.45) is 0. The standard InChI is InChI=1S/C25H27N5O4S/c1-16(25(33)34)18-7-8-19(21(13-18)30-11-9-29(10-12-30)14-22(26)31)27-23(32)20-15-35-24(28-20)17-5-3-2-4-6-17/h2-8,13,15-16H,9-12,14H2,1H3,(H2,26,31)(H,27,32)(H,33,34). The van der Waals surface area contributed by atoms with Gasteiger partial charge in [0.15, 0.2) is 0 Å². The molecule has 0 radical (unpaired) electrons. The number of benzene rings is 2. The maximum Gasteiger partial charge on any atom is 0.310 e. The van der Waals surface area contributed by atoms with Gasteiger partial charge in [-0.2, -0.15) is 0 Å². The van der Waals surface area contributed by atoms with Crippen LogP contribution in [0.15, 0.2) is 53.9 Å². The van der Waals surface area contributed by atoms with Crippen molar-refractivity contribution in [1.29, 1.82) is 0 Å². The van der Waals surface area contributed by atoms with Crippen molar-refractivity contribution in [3.05, 3.63) is 65.2 Å². The Kier molecular flexibility index (Phi) is 7.42. The number of rotatable bonds is 8. The van der Waals surface area contributed by atoms with E-state index in [1.807, 2.05) is 41.3 Å². The molecule has 1 unspecified atom stereocenters. The summed E-state index contributed by atoms with van der Waals surface area (Å²) in [6, 6.07) is 14.9. The minimum Gasteiger partial charge on any atom is -0.481 e. The normalized spacial score (nSPS) is 14.9. The lowest BCUT2D eigenvalue weighted by atomic mass is 9.99. The fourth-order valence-corrected chi connectivity index (χ4v) is 4.78. The van der Waals surface area contributed by atoms with Crippen LogP contribution in [0.25, 0.3) is 10.6 Å². The van der Waals surface area contributed by atoms with E-state index < -0.39 is 11.9 Å². The molecule has 2 aromatic carbocycles. The number of piperazine rings is 1. The van der Waals surface area contributed by atoms with Gasteiger partial charge >= 0.3 is 5.97 Å². The molecule has 10 heteroatoms. The number of hydrogen-bond acceptors (Lipinski definition) is 7. The first-order valence-electron chi connectivity index (χ1n) is 11.3. The lowest BCUT2D eigenvalue weighted by Gasteiger charge is -2.36. The number of amides is 2. The molecule has 0 aliphatic carbocycles. The molecule has 9 nitrogen and oxygen atoms in total. The van der Waals surface area contributed by atoms with Gasteiger partial charge in [0, 0.05) is 37.1 Å². The summed E-state index contributed by atoms with van der Waals surface area (Å²) in [5.74, 6) is -2.32. The number of nitrogens with zero attached hydrogens (tertiary/aromatic N) is 3. The number of primary amides is 1. The van der Waals surface area contributed by atoms with E-state index in [4.69, 9.17) is 5.73 Å². The number of anilines is 2. The minimum absolute atomic E-state index is 0.196. The Bertz CT molecular complexity index is 1220. The summed E-state index contributed by atoms with van der Waals surface area (Å²) in [5, 5.41) is 14.9. The van der Waals surface area contributed by atoms with E-state index in [2.05, 4.69) is 15.2 Å². The van der Waals surface area contributed by atoms with Crippen molar-refractivity contribution < 1.29 is 19.5 Å². The quantitative estimate of drug-likeness (QED) is 0.440. The zero-order valence-electron chi connectivity index (χ0n) is 19.3. The Hall–Kier alpha value is -3.76. The highest BCUT2D eigenvalue weighted by molar-refractivity contribution is 7.13. The number of nitrogens with two attached hydrogens (primary N) is 1. The number of nitrogens with one attached hydrogen (secondary N) is 1. The Balaban J connectivity index is 1.57. The van der Waals surface area contributed by atoms with Gasteiger partial charge in [0.1, 0.15) is 10.7 Å². The molecule has 3 aromatic rings. The summed E-state index contributed by atoms with van der Waals surface area (Å²) in [7, 11) is 0. The van der Waals surface area contributed by atoms with E-state index in [1.54, 1.807) is 24.4 Å². The number of carbonyl (C=O) groups excluding carboxylic acids is 2. The van der Waals surface area contributed by atoms with E-state index >= 15 is 0 Å². The number of aliphatic carboxylic acids is 1. The molecule has 1 fully saturated rings. The summed E-state index contributed by atoms with van der Waals surface area (Å²) >= 11 is 1.40. The van der Waals surface area contributed by atoms with Crippen LogP contribution >= 0.6 is 11.3 Å². The van der Waals surface area contributed by atoms with Crippen molar-refractivity contribution in [3.63, 3.8) is 0 Å². The lowest BCUT2D eigenvalue weighted by Crippen LogP contribution is -2.49. The molecule has 1 saturated heterocycles. The number of aromatic nitrogens is 1. The molecule has 1 aromatic heterocycles. The van der Waals surface area contributed by atoms with E-state index in [-0.39, 0.29) is 18.4 Å². The van der Waals surface area contributed by atoms with Gasteiger partial charge in [0.25, 0.3) is 5.91 Å². The molecule has 35 heavy (non-hydrogen) atoms. The minimum atomic E-state index is -0.921. The van der Waals surface area contributed by atoms with Gasteiger partial charge in [-0.3, -0.25) is 19.3 Å². The monoisotopic (exact) mass is 493 g/mol. The Morgan fingerprint density at radius 1 is 1.11 bits per heavy atom. The Morgan fingerprint density at radius 3 is 2.49 bits per heavy atom. The van der Waals surface area contributed by atoms with Crippen LogP contribution in [-0.4, -0.2) is 65.5 Å². The largest absolute Gasteiger partial charge is 0.481 e. The van der Waals surface area contributed by atoms with Gasteiger partial charge in [-0.05, 0) is 24.6 Å².